The van der Waals surface area contributed by atoms with Crippen molar-refractivity contribution in [3.8, 4) is 0 Å². The molecule has 2 amide bonds. The Hall–Kier alpha value is -4.18. The smallest absolute Gasteiger partial charge is 0.258 e. The zero-order chi connectivity index (χ0) is 26.5. The highest BCUT2D eigenvalue weighted by Gasteiger charge is 2.27. The highest BCUT2D eigenvalue weighted by molar-refractivity contribution is 8.00. The summed E-state index contributed by atoms with van der Waals surface area (Å²) in [6.45, 7) is 0. The summed E-state index contributed by atoms with van der Waals surface area (Å²) in [5.74, 6) is -8.98. The van der Waals surface area contributed by atoms with Gasteiger partial charge in [-0.05, 0) is 42.0 Å². The molecule has 10 heteroatoms. The first kappa shape index (κ1) is 25.9. The number of halogens is 5. The molecule has 0 aliphatic carbocycles. The van der Waals surface area contributed by atoms with Crippen molar-refractivity contribution in [2.24, 2.45) is 0 Å². The van der Waals surface area contributed by atoms with E-state index in [-0.39, 0.29) is 11.6 Å². The van der Waals surface area contributed by atoms with Crippen molar-refractivity contribution >= 4 is 35.0 Å². The van der Waals surface area contributed by atoms with E-state index < -0.39 is 51.8 Å². The standard InChI is InChI=1S/C27H17F5N2O2S/c28-19-9-5-4-8-18(19)26(35)33-16-10-12-17(13-11-16)37-25(15-6-2-1-3-7-15)27(36)34-24-22(31)20(29)14-21(30)23(24)32/h1-14,25H,(H,33,35)(H,34,36). The quantitative estimate of drug-likeness (QED) is 0.153. The summed E-state index contributed by atoms with van der Waals surface area (Å²) < 4.78 is 69.3. The highest BCUT2D eigenvalue weighted by Crippen LogP contribution is 2.37. The Morgan fingerprint density at radius 2 is 1.27 bits per heavy atom. The first-order valence-electron chi connectivity index (χ1n) is 10.8. The predicted molar refractivity (Wildman–Crippen MR) is 131 cm³/mol. The molecule has 0 heterocycles. The van der Waals surface area contributed by atoms with Crippen LogP contribution in [0.25, 0.3) is 0 Å². The summed E-state index contributed by atoms with van der Waals surface area (Å²) in [6.07, 6.45) is 0. The van der Waals surface area contributed by atoms with Gasteiger partial charge in [-0.3, -0.25) is 9.59 Å². The lowest BCUT2D eigenvalue weighted by Crippen LogP contribution is -2.21. The molecule has 1 unspecified atom stereocenters. The number of hydrogen-bond donors (Lipinski definition) is 2. The normalized spacial score (nSPS) is 11.6. The number of thioether (sulfide) groups is 1. The third-order valence-electron chi connectivity index (χ3n) is 5.19. The summed E-state index contributed by atoms with van der Waals surface area (Å²) in [5, 5.41) is 3.46. The highest BCUT2D eigenvalue weighted by atomic mass is 32.2. The van der Waals surface area contributed by atoms with E-state index in [1.165, 1.54) is 36.4 Å². The van der Waals surface area contributed by atoms with Crippen LogP contribution >= 0.6 is 11.8 Å². The SMILES string of the molecule is O=C(Nc1ccc(SC(C(=O)Nc2c(F)c(F)cc(F)c2F)c2ccccc2)cc1)c1ccccc1F. The number of benzene rings is 4. The molecule has 4 aromatic rings. The van der Waals surface area contributed by atoms with Crippen LogP contribution in [0.5, 0.6) is 0 Å². The van der Waals surface area contributed by atoms with Gasteiger partial charge in [0.2, 0.25) is 5.91 Å². The second-order valence-corrected chi connectivity index (χ2v) is 8.88. The fourth-order valence-electron chi connectivity index (χ4n) is 3.37. The summed E-state index contributed by atoms with van der Waals surface area (Å²) in [7, 11) is 0. The Balaban J connectivity index is 1.55. The van der Waals surface area contributed by atoms with Gasteiger partial charge in [-0.2, -0.15) is 0 Å². The number of nitrogens with one attached hydrogen (secondary N) is 2. The lowest BCUT2D eigenvalue weighted by molar-refractivity contribution is -0.115. The van der Waals surface area contributed by atoms with Crippen LogP contribution in [0.1, 0.15) is 21.2 Å². The van der Waals surface area contributed by atoms with Gasteiger partial charge in [-0.25, -0.2) is 22.0 Å². The molecule has 0 aliphatic heterocycles. The molecule has 1 atom stereocenters. The Morgan fingerprint density at radius 1 is 0.676 bits per heavy atom. The van der Waals surface area contributed by atoms with Gasteiger partial charge in [-0.15, -0.1) is 11.8 Å². The molecule has 4 nitrogen and oxygen atoms in total. The van der Waals surface area contributed by atoms with E-state index >= 15 is 0 Å². The van der Waals surface area contributed by atoms with Crippen LogP contribution in [0.15, 0.2) is 89.8 Å². The second kappa shape index (κ2) is 11.3. The van der Waals surface area contributed by atoms with E-state index in [2.05, 4.69) is 5.32 Å². The van der Waals surface area contributed by atoms with Crippen molar-refractivity contribution in [3.63, 3.8) is 0 Å². The first-order chi connectivity index (χ1) is 17.7. The van der Waals surface area contributed by atoms with Gasteiger partial charge >= 0.3 is 0 Å². The van der Waals surface area contributed by atoms with Gasteiger partial charge < -0.3 is 10.6 Å². The molecule has 0 aromatic heterocycles. The van der Waals surface area contributed by atoms with E-state index in [1.54, 1.807) is 42.5 Å². The van der Waals surface area contributed by atoms with Gasteiger partial charge in [-0.1, -0.05) is 42.5 Å². The minimum atomic E-state index is -1.72. The Bertz CT molecular complexity index is 1420. The molecule has 0 saturated heterocycles. The molecule has 4 rings (SSSR count). The maximum atomic E-state index is 14.1. The molecule has 37 heavy (non-hydrogen) atoms. The van der Waals surface area contributed by atoms with Crippen LogP contribution in [0.2, 0.25) is 0 Å². The predicted octanol–water partition coefficient (Wildman–Crippen LogP) is 7.11. The molecule has 0 spiro atoms. The molecular formula is C27H17F5N2O2S. The topological polar surface area (TPSA) is 58.2 Å². The van der Waals surface area contributed by atoms with Gasteiger partial charge in [0.1, 0.15) is 16.8 Å². The lowest BCUT2D eigenvalue weighted by Gasteiger charge is -2.18. The Kier molecular flexibility index (Phi) is 7.88. The van der Waals surface area contributed by atoms with Gasteiger partial charge in [0.25, 0.3) is 5.91 Å². The molecule has 2 N–H and O–H groups in total. The number of anilines is 2. The zero-order valence-corrected chi connectivity index (χ0v) is 19.6. The molecule has 0 aliphatic rings. The van der Waals surface area contributed by atoms with Crippen LogP contribution in [-0.4, -0.2) is 11.8 Å². The molecule has 188 valence electrons. The minimum Gasteiger partial charge on any atom is -0.322 e. The van der Waals surface area contributed by atoms with Crippen LogP contribution in [0, 0.1) is 29.1 Å². The third kappa shape index (κ3) is 5.97. The summed E-state index contributed by atoms with van der Waals surface area (Å²) in [4.78, 5) is 25.9. The van der Waals surface area contributed by atoms with Gasteiger partial charge in [0.05, 0.1) is 5.56 Å². The number of carbonyl (C=O) groups excluding carboxylic acids is 2. The average Bonchev–Trinajstić information content (AvgIpc) is 2.90. The van der Waals surface area contributed by atoms with Crippen LogP contribution in [0.4, 0.5) is 33.3 Å². The Morgan fingerprint density at radius 3 is 1.89 bits per heavy atom. The van der Waals surface area contributed by atoms with Gasteiger partial charge in [0.15, 0.2) is 23.3 Å². The fraction of sp³-hybridized carbons (Fsp3) is 0.0370. The zero-order valence-electron chi connectivity index (χ0n) is 18.8. The van der Waals surface area contributed by atoms with Crippen LogP contribution < -0.4 is 10.6 Å². The average molecular weight is 529 g/mol. The molecule has 4 aromatic carbocycles. The monoisotopic (exact) mass is 528 g/mol. The van der Waals surface area contributed by atoms with E-state index in [4.69, 9.17) is 0 Å². The van der Waals surface area contributed by atoms with Crippen molar-refractivity contribution in [2.45, 2.75) is 10.1 Å². The fourth-order valence-corrected chi connectivity index (χ4v) is 4.39. The summed E-state index contributed by atoms with van der Waals surface area (Å²) in [6, 6.07) is 20.0. The number of carbonyl (C=O) groups is 2. The largest absolute Gasteiger partial charge is 0.322 e. The maximum Gasteiger partial charge on any atom is 0.258 e. The number of amides is 2. The maximum absolute atomic E-state index is 14.1. The molecular weight excluding hydrogens is 511 g/mol. The van der Waals surface area contributed by atoms with Crippen molar-refractivity contribution in [1.82, 2.24) is 0 Å². The van der Waals surface area contributed by atoms with E-state index in [0.29, 0.717) is 16.1 Å². The van der Waals surface area contributed by atoms with E-state index in [1.807, 2.05) is 5.32 Å². The minimum absolute atomic E-state index is 0.0518. The molecule has 0 bridgehead atoms. The van der Waals surface area contributed by atoms with E-state index in [9.17, 15) is 31.5 Å². The van der Waals surface area contributed by atoms with E-state index in [0.717, 1.165) is 11.8 Å². The summed E-state index contributed by atoms with van der Waals surface area (Å²) in [5.41, 5.74) is -0.539. The van der Waals surface area contributed by atoms with Crippen LogP contribution in [0.3, 0.4) is 0 Å². The van der Waals surface area contributed by atoms with Crippen molar-refractivity contribution < 1.29 is 31.5 Å². The number of hydrogen-bond acceptors (Lipinski definition) is 3. The van der Waals surface area contributed by atoms with Crippen molar-refractivity contribution in [2.75, 3.05) is 10.6 Å². The first-order valence-corrected chi connectivity index (χ1v) is 11.6. The number of rotatable bonds is 7. The van der Waals surface area contributed by atoms with Gasteiger partial charge in [0, 0.05) is 16.6 Å². The van der Waals surface area contributed by atoms with Crippen molar-refractivity contribution in [1.29, 1.82) is 0 Å². The lowest BCUT2D eigenvalue weighted by atomic mass is 10.1. The second-order valence-electron chi connectivity index (χ2n) is 7.70. The van der Waals surface area contributed by atoms with Crippen LogP contribution in [-0.2, 0) is 4.79 Å². The summed E-state index contributed by atoms with van der Waals surface area (Å²) >= 11 is 0.999. The molecule has 0 saturated carbocycles. The molecule has 0 fully saturated rings. The van der Waals surface area contributed by atoms with Crippen molar-refractivity contribution in [3.05, 3.63) is 125 Å². The Labute approximate surface area is 212 Å². The third-order valence-corrected chi connectivity index (χ3v) is 6.45. The molecule has 0 radical (unpaired) electrons.